The minimum Gasteiger partial charge on any atom is -0.370 e. The Bertz CT molecular complexity index is 1800. The van der Waals surface area contributed by atoms with Gasteiger partial charge in [-0.1, -0.05) is 0 Å². The topological polar surface area (TPSA) is 542 Å². The molecule has 0 aromatic rings. The van der Waals surface area contributed by atoms with E-state index in [2.05, 4.69) is 70.1 Å². The van der Waals surface area contributed by atoms with Crippen molar-refractivity contribution < 1.29 is 77.7 Å². The van der Waals surface area contributed by atoms with Gasteiger partial charge >= 0.3 is 19.7 Å². The van der Waals surface area contributed by atoms with Crippen LogP contribution in [-0.4, -0.2) is 155 Å². The number of rotatable bonds is 34. The molecule has 0 spiro atoms. The van der Waals surface area contributed by atoms with Gasteiger partial charge in [-0.2, -0.15) is 12.6 Å². The third-order valence-electron chi connectivity index (χ3n) is 9.26. The van der Waals surface area contributed by atoms with Gasteiger partial charge in [0.05, 0.1) is 32.3 Å². The Morgan fingerprint density at radius 3 is 1.34 bits per heavy atom. The Hall–Kier alpha value is -5.85. The summed E-state index contributed by atoms with van der Waals surface area (Å²) >= 11 is 4.08. The number of amides is 9. The number of carbonyl (C=O) groups is 9. The molecule has 28 N–H and O–H groups in total. The van der Waals surface area contributed by atoms with Crippen molar-refractivity contribution in [3.05, 3.63) is 0 Å². The number of hydrogen-bond acceptors (Lipinski definition) is 13. The number of nitrogens with two attached hydrogens (primary N) is 7. The van der Waals surface area contributed by atoms with Gasteiger partial charge in [0.2, 0.25) is 53.2 Å². The standard InChI is InChI=1S/C35H68N17O13PS/c1-17(37)27(55)47-20(8-5-13-44-34(40)41)29(57)49-21(9-6-14-45-35(42)43)30(58)48-19(7-3-4-12-36)31(59)51-23(15-65-66(62,63)64)32(60)52-24(16-67)33(61)50-22(10-11-25(38)53)28(56)46-18(2)26(39)54/h17-24,67H,3-16,36-37H2,1-2H3,(H2,38,53)(H2,39,54)(H,46,56)(H,47,55)(H,48,58)(H,49,57)(H,50,61)(H,51,59)(H,52,60)(H4,40,41,44)(H4,42,43,45)(H2,62,63,64)/p+3/t17-,18-,19-,20-,21-,22-,23-,24-/m0/s1. The fraction of sp³-hybridized carbons (Fsp3) is 0.686. The molecule has 8 atom stereocenters. The highest BCUT2D eigenvalue weighted by atomic mass is 32.1. The first-order valence-electron chi connectivity index (χ1n) is 21.0. The molecular formula is C35H71N17O13PS+3. The minimum absolute atomic E-state index is 0.0343. The van der Waals surface area contributed by atoms with Crippen LogP contribution in [0.1, 0.15) is 71.6 Å². The first-order valence-corrected chi connectivity index (χ1v) is 23.2. The van der Waals surface area contributed by atoms with Crippen molar-refractivity contribution in [1.29, 1.82) is 0 Å². The lowest BCUT2D eigenvalue weighted by Crippen LogP contribution is -2.78. The number of phosphoric ester groups is 1. The van der Waals surface area contributed by atoms with E-state index in [1.54, 1.807) is 0 Å². The van der Waals surface area contributed by atoms with Gasteiger partial charge in [0, 0.05) is 12.2 Å². The molecule has 0 radical (unpaired) electrons. The number of nitrogens with one attached hydrogen (secondary N) is 9. The number of carbonyl (C=O) groups excluding carboxylic acids is 9. The molecular weight excluding hydrogens is 930 g/mol. The van der Waals surface area contributed by atoms with Crippen molar-refractivity contribution >= 4 is 85.5 Å². The summed E-state index contributed by atoms with van der Waals surface area (Å²) in [6.07, 6.45) is 0.284. The van der Waals surface area contributed by atoms with Crippen LogP contribution in [0.3, 0.4) is 0 Å². The van der Waals surface area contributed by atoms with E-state index < -0.39 is 128 Å². The fourth-order valence-electron chi connectivity index (χ4n) is 5.56. The molecule has 0 aromatic heterocycles. The van der Waals surface area contributed by atoms with E-state index in [1.807, 2.05) is 0 Å². The smallest absolute Gasteiger partial charge is 0.370 e. The lowest BCUT2D eigenvalue weighted by Gasteiger charge is -2.27. The third-order valence-corrected chi connectivity index (χ3v) is 10.1. The van der Waals surface area contributed by atoms with Gasteiger partial charge in [-0.25, -0.2) is 4.57 Å². The van der Waals surface area contributed by atoms with Gasteiger partial charge in [-0.15, -0.1) is 0 Å². The summed E-state index contributed by atoms with van der Waals surface area (Å²) in [5, 5.41) is 16.7. The molecule has 382 valence electrons. The van der Waals surface area contributed by atoms with Gasteiger partial charge < -0.3 is 69.9 Å². The lowest BCUT2D eigenvalue weighted by molar-refractivity contribution is -0.460. The number of phosphoric acid groups is 1. The van der Waals surface area contributed by atoms with Crippen LogP contribution in [0.5, 0.6) is 0 Å². The van der Waals surface area contributed by atoms with E-state index >= 15 is 0 Å². The highest BCUT2D eigenvalue weighted by molar-refractivity contribution is 7.80. The average Bonchev–Trinajstić information content (AvgIpc) is 3.23. The highest BCUT2D eigenvalue weighted by Crippen LogP contribution is 2.35. The Morgan fingerprint density at radius 2 is 0.955 bits per heavy atom. The van der Waals surface area contributed by atoms with Crippen molar-refractivity contribution in [3.8, 4) is 0 Å². The maximum Gasteiger partial charge on any atom is 0.469 e. The predicted octanol–water partition coefficient (Wildman–Crippen LogP) is -12.8. The van der Waals surface area contributed by atoms with Crippen LogP contribution in [0.2, 0.25) is 0 Å². The summed E-state index contributed by atoms with van der Waals surface area (Å²) in [6, 6.07) is -11.3. The fourth-order valence-corrected chi connectivity index (χ4v) is 6.16. The summed E-state index contributed by atoms with van der Waals surface area (Å²) in [4.78, 5) is 141. The second kappa shape index (κ2) is 32.0. The van der Waals surface area contributed by atoms with Gasteiger partial charge in [0.1, 0.15) is 42.3 Å². The van der Waals surface area contributed by atoms with Crippen molar-refractivity contribution in [3.63, 3.8) is 0 Å². The zero-order valence-electron chi connectivity index (χ0n) is 37.5. The minimum atomic E-state index is -5.31. The van der Waals surface area contributed by atoms with Crippen LogP contribution in [-0.2, 0) is 52.2 Å². The monoisotopic (exact) mass is 1000 g/mol. The number of thiol groups is 1. The zero-order chi connectivity index (χ0) is 51.4. The molecule has 0 saturated heterocycles. The number of guanidine groups is 2. The molecule has 0 aliphatic rings. The van der Waals surface area contributed by atoms with Gasteiger partial charge in [0.15, 0.2) is 0 Å². The largest absolute Gasteiger partial charge is 0.469 e. The van der Waals surface area contributed by atoms with Crippen LogP contribution >= 0.6 is 20.5 Å². The Labute approximate surface area is 391 Å². The van der Waals surface area contributed by atoms with Gasteiger partial charge in [-0.3, -0.25) is 80.6 Å². The van der Waals surface area contributed by atoms with Gasteiger partial charge in [-0.05, 0) is 65.2 Å². The van der Waals surface area contributed by atoms with E-state index in [-0.39, 0.29) is 70.0 Å². The second-order valence-electron chi connectivity index (χ2n) is 15.2. The van der Waals surface area contributed by atoms with Crippen molar-refractivity contribution in [2.24, 2.45) is 40.1 Å². The van der Waals surface area contributed by atoms with E-state index in [9.17, 15) is 57.5 Å². The molecule has 0 saturated carbocycles. The molecule has 67 heavy (non-hydrogen) atoms. The van der Waals surface area contributed by atoms with Crippen molar-refractivity contribution in [1.82, 2.24) is 37.2 Å². The summed E-state index contributed by atoms with van der Waals surface area (Å²) in [5.41, 5.74) is 41.7. The SMILES string of the molecule is C[C@H](N)C(=O)N[C@@H](CCC[NH+]=C(N)N)C(=O)N[C@@H](CCC[NH+]=C(N)N)C(=O)N[C@@H](CCCC[NH3+])C(=O)N[C@@H](COP(=O)(O)O)C(=O)N[C@@H](CS)C(=O)N[C@@H](CCC(N)=O)C(=O)N[C@@H](C)C(N)=O. The molecule has 0 aromatic carbocycles. The molecule has 0 bridgehead atoms. The van der Waals surface area contributed by atoms with Crippen LogP contribution < -0.4 is 93.1 Å². The molecule has 30 nitrogen and oxygen atoms in total. The number of unbranched alkanes of at least 4 members (excludes halogenated alkanes) is 1. The molecule has 0 rings (SSSR count). The Morgan fingerprint density at radius 1 is 0.582 bits per heavy atom. The van der Waals surface area contributed by atoms with Gasteiger partial charge in [0.25, 0.3) is 0 Å². The maximum atomic E-state index is 14.0. The van der Waals surface area contributed by atoms with Crippen LogP contribution in [0, 0.1) is 0 Å². The first kappa shape index (κ1) is 61.1. The summed E-state index contributed by atoms with van der Waals surface area (Å²) in [6.45, 7) is 2.25. The van der Waals surface area contributed by atoms with Crippen molar-refractivity contribution in [2.45, 2.75) is 120 Å². The average molecular weight is 1000 g/mol. The van der Waals surface area contributed by atoms with Crippen LogP contribution in [0.25, 0.3) is 0 Å². The van der Waals surface area contributed by atoms with E-state index in [0.717, 1.165) is 0 Å². The predicted molar refractivity (Wildman–Crippen MR) is 241 cm³/mol. The van der Waals surface area contributed by atoms with E-state index in [1.165, 1.54) is 13.8 Å². The zero-order valence-corrected chi connectivity index (χ0v) is 39.3. The van der Waals surface area contributed by atoms with E-state index in [4.69, 9.17) is 40.1 Å². The quantitative estimate of drug-likeness (QED) is 0.00936. The summed E-state index contributed by atoms with van der Waals surface area (Å²) in [5.74, 6) is -9.14. The van der Waals surface area contributed by atoms with E-state index in [0.29, 0.717) is 13.0 Å². The number of primary amides is 2. The van der Waals surface area contributed by atoms with Crippen molar-refractivity contribution in [2.75, 3.05) is 32.0 Å². The molecule has 0 fully saturated rings. The lowest BCUT2D eigenvalue weighted by atomic mass is 10.0. The number of hydrogen-bond donors (Lipinski definition) is 20. The molecule has 9 amide bonds. The molecule has 0 heterocycles. The van der Waals surface area contributed by atoms with Crippen LogP contribution in [0.4, 0.5) is 0 Å². The Balaban J connectivity index is 6.72. The summed E-state index contributed by atoms with van der Waals surface area (Å²) in [7, 11) is -5.31. The molecule has 0 unspecified atom stereocenters. The summed E-state index contributed by atoms with van der Waals surface area (Å²) < 4.78 is 16.3. The highest BCUT2D eigenvalue weighted by Gasteiger charge is 2.35. The third kappa shape index (κ3) is 27.4. The Kier molecular flexibility index (Phi) is 29.2. The normalized spacial score (nSPS) is 14.7. The maximum absolute atomic E-state index is 14.0. The molecule has 0 aliphatic heterocycles. The second-order valence-corrected chi connectivity index (χ2v) is 16.8. The molecule has 0 aliphatic carbocycles. The van der Waals surface area contributed by atoms with Crippen LogP contribution in [0.15, 0.2) is 0 Å². The first-order chi connectivity index (χ1) is 31.2. The molecule has 32 heteroatoms. The number of quaternary nitrogens is 1.